The Balaban J connectivity index is 2.26. The van der Waals surface area contributed by atoms with Crippen molar-refractivity contribution in [1.82, 2.24) is 4.98 Å². The first-order valence-electron chi connectivity index (χ1n) is 4.69. The number of benzene rings is 1. The number of halogens is 1. The van der Waals surface area contributed by atoms with Crippen molar-refractivity contribution < 1.29 is 4.92 Å². The van der Waals surface area contributed by atoms with E-state index in [9.17, 15) is 10.1 Å². The zero-order chi connectivity index (χ0) is 12.3. The van der Waals surface area contributed by atoms with Crippen LogP contribution in [0.3, 0.4) is 0 Å². The molecule has 0 radical (unpaired) electrons. The number of non-ortho nitro benzene ring substituents is 1. The predicted octanol–water partition coefficient (Wildman–Crippen LogP) is 3.79. The Morgan fingerprint density at radius 3 is 2.71 bits per heavy atom. The average molecular weight is 267 g/mol. The van der Waals surface area contributed by atoms with Gasteiger partial charge in [-0.25, -0.2) is 4.98 Å². The van der Waals surface area contributed by atoms with Crippen molar-refractivity contribution in [2.45, 2.75) is 9.92 Å². The molecule has 86 valence electrons. The van der Waals surface area contributed by atoms with Gasteiger partial charge in [-0.05, 0) is 18.2 Å². The van der Waals surface area contributed by atoms with Crippen molar-refractivity contribution in [2.24, 2.45) is 0 Å². The molecule has 17 heavy (non-hydrogen) atoms. The number of hydrogen-bond donors (Lipinski definition) is 0. The summed E-state index contributed by atoms with van der Waals surface area (Å²) in [5.41, 5.74) is -0.0135. The molecule has 0 aliphatic carbocycles. The standard InChI is InChI=1S/C11H7ClN2O2S/c12-9-7-8(14(15)16)4-5-10(9)17-11-3-1-2-6-13-11/h1-7H. The average Bonchev–Trinajstić information content (AvgIpc) is 2.33. The molecule has 2 aromatic rings. The van der Waals surface area contributed by atoms with Crippen LogP contribution in [0.1, 0.15) is 0 Å². The van der Waals surface area contributed by atoms with Crippen molar-refractivity contribution in [3.63, 3.8) is 0 Å². The van der Waals surface area contributed by atoms with Crippen LogP contribution < -0.4 is 0 Å². The van der Waals surface area contributed by atoms with Crippen LogP contribution in [-0.2, 0) is 0 Å². The van der Waals surface area contributed by atoms with E-state index in [-0.39, 0.29) is 5.69 Å². The van der Waals surface area contributed by atoms with Crippen molar-refractivity contribution >= 4 is 29.1 Å². The van der Waals surface area contributed by atoms with Gasteiger partial charge >= 0.3 is 0 Å². The lowest BCUT2D eigenvalue weighted by Crippen LogP contribution is -1.88. The van der Waals surface area contributed by atoms with Gasteiger partial charge < -0.3 is 0 Å². The number of nitro groups is 1. The van der Waals surface area contributed by atoms with Crippen LogP contribution in [-0.4, -0.2) is 9.91 Å². The molecule has 4 nitrogen and oxygen atoms in total. The molecule has 0 fully saturated rings. The molecular weight excluding hydrogens is 260 g/mol. The number of nitro benzene ring substituents is 1. The predicted molar refractivity (Wildman–Crippen MR) is 66.5 cm³/mol. The number of hydrogen-bond acceptors (Lipinski definition) is 4. The van der Waals surface area contributed by atoms with E-state index in [1.807, 2.05) is 18.2 Å². The minimum atomic E-state index is -0.471. The second-order valence-corrected chi connectivity index (χ2v) is 4.61. The van der Waals surface area contributed by atoms with Gasteiger partial charge in [0.1, 0.15) is 5.03 Å². The van der Waals surface area contributed by atoms with E-state index in [4.69, 9.17) is 11.6 Å². The van der Waals surface area contributed by atoms with Gasteiger partial charge in [0.25, 0.3) is 5.69 Å². The molecule has 0 bridgehead atoms. The number of pyridine rings is 1. The van der Waals surface area contributed by atoms with Crippen LogP contribution in [0.2, 0.25) is 5.02 Å². The molecule has 1 aromatic heterocycles. The van der Waals surface area contributed by atoms with E-state index >= 15 is 0 Å². The Kier molecular flexibility index (Phi) is 3.61. The van der Waals surface area contributed by atoms with Gasteiger partial charge in [0.15, 0.2) is 0 Å². The van der Waals surface area contributed by atoms with Gasteiger partial charge in [0, 0.05) is 23.2 Å². The molecule has 0 saturated carbocycles. The van der Waals surface area contributed by atoms with Crippen LogP contribution in [0.4, 0.5) is 5.69 Å². The number of aromatic nitrogens is 1. The maximum atomic E-state index is 10.6. The molecule has 1 heterocycles. The largest absolute Gasteiger partial charge is 0.270 e. The smallest absolute Gasteiger partial charge is 0.258 e. The maximum absolute atomic E-state index is 10.6. The number of nitrogens with zero attached hydrogens (tertiary/aromatic N) is 2. The molecular formula is C11H7ClN2O2S. The quantitative estimate of drug-likeness (QED) is 0.626. The molecule has 1 aromatic carbocycles. The lowest BCUT2D eigenvalue weighted by atomic mass is 10.3. The minimum absolute atomic E-state index is 0.0135. The first-order chi connectivity index (χ1) is 8.16. The van der Waals surface area contributed by atoms with Crippen LogP contribution in [0.15, 0.2) is 52.5 Å². The van der Waals surface area contributed by atoms with Gasteiger partial charge in [0.2, 0.25) is 0 Å². The fraction of sp³-hybridized carbons (Fsp3) is 0. The molecule has 6 heteroatoms. The van der Waals surface area contributed by atoms with E-state index < -0.39 is 4.92 Å². The zero-order valence-corrected chi connectivity index (χ0v) is 10.1. The van der Waals surface area contributed by atoms with Gasteiger partial charge in [-0.3, -0.25) is 10.1 Å². The normalized spacial score (nSPS) is 10.2. The van der Waals surface area contributed by atoms with Crippen LogP contribution in [0.5, 0.6) is 0 Å². The summed E-state index contributed by atoms with van der Waals surface area (Å²) in [6.45, 7) is 0. The fourth-order valence-corrected chi connectivity index (χ4v) is 2.27. The molecule has 0 atom stereocenters. The highest BCUT2D eigenvalue weighted by Gasteiger charge is 2.10. The molecule has 0 N–H and O–H groups in total. The maximum Gasteiger partial charge on any atom is 0.270 e. The topological polar surface area (TPSA) is 56.0 Å². The summed E-state index contributed by atoms with van der Waals surface area (Å²) in [7, 11) is 0. The van der Waals surface area contributed by atoms with Crippen LogP contribution >= 0.6 is 23.4 Å². The molecule has 0 amide bonds. The highest BCUT2D eigenvalue weighted by atomic mass is 35.5. The van der Waals surface area contributed by atoms with E-state index in [1.165, 1.54) is 23.9 Å². The third-order valence-corrected chi connectivity index (χ3v) is 3.43. The number of rotatable bonds is 3. The second kappa shape index (κ2) is 5.16. The van der Waals surface area contributed by atoms with Gasteiger partial charge in [-0.1, -0.05) is 29.4 Å². The summed E-state index contributed by atoms with van der Waals surface area (Å²) in [6.07, 6.45) is 1.68. The summed E-state index contributed by atoms with van der Waals surface area (Å²) in [5, 5.41) is 11.7. The molecule has 2 rings (SSSR count). The lowest BCUT2D eigenvalue weighted by molar-refractivity contribution is -0.384. The monoisotopic (exact) mass is 266 g/mol. The third kappa shape index (κ3) is 2.95. The van der Waals surface area contributed by atoms with Crippen molar-refractivity contribution in [2.75, 3.05) is 0 Å². The second-order valence-electron chi connectivity index (χ2n) is 3.14. The van der Waals surface area contributed by atoms with Crippen molar-refractivity contribution in [1.29, 1.82) is 0 Å². The van der Waals surface area contributed by atoms with Crippen LogP contribution in [0, 0.1) is 10.1 Å². The Bertz CT molecular complexity index is 548. The molecule has 0 aliphatic rings. The Morgan fingerprint density at radius 2 is 2.12 bits per heavy atom. The summed E-state index contributed by atoms with van der Waals surface area (Å²) in [6, 6.07) is 9.93. The SMILES string of the molecule is O=[N+]([O-])c1ccc(Sc2ccccn2)c(Cl)c1. The van der Waals surface area contributed by atoms with E-state index in [0.29, 0.717) is 5.02 Å². The lowest BCUT2D eigenvalue weighted by Gasteiger charge is -2.02. The highest BCUT2D eigenvalue weighted by Crippen LogP contribution is 2.34. The highest BCUT2D eigenvalue weighted by molar-refractivity contribution is 7.99. The van der Waals surface area contributed by atoms with Gasteiger partial charge in [-0.2, -0.15) is 0 Å². The Morgan fingerprint density at radius 1 is 1.29 bits per heavy atom. The van der Waals surface area contributed by atoms with E-state index in [2.05, 4.69) is 4.98 Å². The summed E-state index contributed by atoms with van der Waals surface area (Å²) in [5.74, 6) is 0. The van der Waals surface area contributed by atoms with E-state index in [0.717, 1.165) is 9.92 Å². The fourth-order valence-electron chi connectivity index (χ4n) is 1.21. The van der Waals surface area contributed by atoms with Gasteiger partial charge in [-0.15, -0.1) is 0 Å². The first-order valence-corrected chi connectivity index (χ1v) is 5.89. The van der Waals surface area contributed by atoms with Crippen molar-refractivity contribution in [3.05, 3.63) is 57.7 Å². The first kappa shape index (κ1) is 11.9. The molecule has 0 spiro atoms. The molecule has 0 aliphatic heterocycles. The minimum Gasteiger partial charge on any atom is -0.258 e. The zero-order valence-electron chi connectivity index (χ0n) is 8.54. The Hall–Kier alpha value is -1.59. The molecule has 0 unspecified atom stereocenters. The summed E-state index contributed by atoms with van der Waals surface area (Å²) >= 11 is 7.34. The van der Waals surface area contributed by atoms with Crippen LogP contribution in [0.25, 0.3) is 0 Å². The Labute approximate surface area is 107 Å². The van der Waals surface area contributed by atoms with E-state index in [1.54, 1.807) is 12.3 Å². The van der Waals surface area contributed by atoms with Crippen molar-refractivity contribution in [3.8, 4) is 0 Å². The summed E-state index contributed by atoms with van der Waals surface area (Å²) < 4.78 is 0. The molecule has 0 saturated heterocycles. The summed E-state index contributed by atoms with van der Waals surface area (Å²) in [4.78, 5) is 15.0. The third-order valence-electron chi connectivity index (χ3n) is 1.98. The van der Waals surface area contributed by atoms with Gasteiger partial charge in [0.05, 0.1) is 9.95 Å².